The molecule has 5 heteroatoms. The third kappa shape index (κ3) is 3.66. The van der Waals surface area contributed by atoms with Crippen LogP contribution in [0, 0.1) is 18.3 Å². The van der Waals surface area contributed by atoms with Crippen LogP contribution in [0.4, 0.5) is 4.79 Å². The third-order valence-electron chi connectivity index (χ3n) is 3.36. The second kappa shape index (κ2) is 6.90. The maximum atomic E-state index is 11.8. The Morgan fingerprint density at radius 3 is 2.78 bits per heavy atom. The smallest absolute Gasteiger partial charge is 0.317 e. The molecule has 1 heterocycles. The van der Waals surface area contributed by atoms with E-state index in [1.54, 1.807) is 11.8 Å². The van der Waals surface area contributed by atoms with Gasteiger partial charge in [-0.2, -0.15) is 0 Å². The molecule has 1 aliphatic rings. The highest BCUT2D eigenvalue weighted by Crippen LogP contribution is 2.24. The van der Waals surface area contributed by atoms with E-state index < -0.39 is 11.9 Å². The number of aliphatic carboxylic acids is 1. The summed E-state index contributed by atoms with van der Waals surface area (Å²) in [6.45, 7) is 2.87. The summed E-state index contributed by atoms with van der Waals surface area (Å²) >= 11 is 0. The van der Waals surface area contributed by atoms with E-state index in [0.717, 1.165) is 19.3 Å². The minimum Gasteiger partial charge on any atom is -0.481 e. The van der Waals surface area contributed by atoms with Gasteiger partial charge in [-0.25, -0.2) is 4.79 Å². The summed E-state index contributed by atoms with van der Waals surface area (Å²) in [6, 6.07) is -0.417. The minimum absolute atomic E-state index is 0.174. The number of terminal acetylenes is 1. The van der Waals surface area contributed by atoms with Crippen LogP contribution < -0.4 is 5.32 Å². The Morgan fingerprint density at radius 2 is 2.22 bits per heavy atom. The van der Waals surface area contributed by atoms with Crippen LogP contribution >= 0.6 is 0 Å². The quantitative estimate of drug-likeness (QED) is 0.572. The normalized spacial score (nSPS) is 22.6. The van der Waals surface area contributed by atoms with Crippen molar-refractivity contribution in [1.82, 2.24) is 10.2 Å². The Balaban J connectivity index is 2.31. The van der Waals surface area contributed by atoms with Gasteiger partial charge in [-0.3, -0.25) is 4.79 Å². The molecule has 5 nitrogen and oxygen atoms in total. The zero-order chi connectivity index (χ0) is 13.5. The Labute approximate surface area is 108 Å². The van der Waals surface area contributed by atoms with Gasteiger partial charge in [-0.05, 0) is 26.2 Å². The Hall–Kier alpha value is -1.70. The molecule has 100 valence electrons. The molecular weight excluding hydrogens is 232 g/mol. The average molecular weight is 252 g/mol. The maximum absolute atomic E-state index is 11.8. The van der Waals surface area contributed by atoms with Crippen molar-refractivity contribution in [2.45, 2.75) is 38.6 Å². The second-order valence-corrected chi connectivity index (χ2v) is 4.56. The highest BCUT2D eigenvalue weighted by Gasteiger charge is 2.37. The predicted octanol–water partition coefficient (Wildman–Crippen LogP) is 1.29. The van der Waals surface area contributed by atoms with Gasteiger partial charge < -0.3 is 15.3 Å². The number of carboxylic acid groups (broad SMARTS) is 1. The first-order valence-electron chi connectivity index (χ1n) is 6.28. The van der Waals surface area contributed by atoms with Crippen LogP contribution in [0.1, 0.15) is 32.6 Å². The molecule has 0 bridgehead atoms. The van der Waals surface area contributed by atoms with Crippen molar-refractivity contribution in [3.8, 4) is 12.3 Å². The number of carbonyl (C=O) groups is 2. The number of amides is 2. The Kier molecular flexibility index (Phi) is 5.50. The molecule has 2 unspecified atom stereocenters. The van der Waals surface area contributed by atoms with Gasteiger partial charge in [-0.15, -0.1) is 12.3 Å². The zero-order valence-corrected chi connectivity index (χ0v) is 10.7. The van der Waals surface area contributed by atoms with Crippen molar-refractivity contribution in [1.29, 1.82) is 0 Å². The second-order valence-electron chi connectivity index (χ2n) is 4.56. The van der Waals surface area contributed by atoms with Crippen LogP contribution in [0.15, 0.2) is 0 Å². The Bertz CT molecular complexity index is 349. The molecule has 0 aromatic rings. The number of likely N-dealkylation sites (tertiary alicyclic amines) is 1. The van der Waals surface area contributed by atoms with Gasteiger partial charge in [0, 0.05) is 25.6 Å². The van der Waals surface area contributed by atoms with Gasteiger partial charge in [0.25, 0.3) is 0 Å². The number of urea groups is 1. The molecule has 1 rings (SSSR count). The van der Waals surface area contributed by atoms with Crippen molar-refractivity contribution >= 4 is 12.0 Å². The lowest BCUT2D eigenvalue weighted by molar-refractivity contribution is -0.142. The van der Waals surface area contributed by atoms with Gasteiger partial charge in [0.2, 0.25) is 0 Å². The highest BCUT2D eigenvalue weighted by atomic mass is 16.4. The number of nitrogens with one attached hydrogen (secondary N) is 1. The van der Waals surface area contributed by atoms with Crippen molar-refractivity contribution in [3.63, 3.8) is 0 Å². The van der Waals surface area contributed by atoms with E-state index in [0.29, 0.717) is 19.5 Å². The van der Waals surface area contributed by atoms with E-state index in [1.165, 1.54) is 0 Å². The van der Waals surface area contributed by atoms with Gasteiger partial charge in [-0.1, -0.05) is 0 Å². The number of rotatable bonds is 5. The number of hydrogen-bond acceptors (Lipinski definition) is 2. The van der Waals surface area contributed by atoms with Crippen molar-refractivity contribution in [3.05, 3.63) is 0 Å². The summed E-state index contributed by atoms with van der Waals surface area (Å²) in [6.07, 6.45) is 8.12. The van der Waals surface area contributed by atoms with Crippen LogP contribution in [0.2, 0.25) is 0 Å². The fourth-order valence-corrected chi connectivity index (χ4v) is 2.21. The highest BCUT2D eigenvalue weighted by molar-refractivity contribution is 5.78. The molecule has 2 atom stereocenters. The van der Waals surface area contributed by atoms with Crippen LogP contribution in [0.25, 0.3) is 0 Å². The largest absolute Gasteiger partial charge is 0.481 e. The van der Waals surface area contributed by atoms with E-state index in [2.05, 4.69) is 11.2 Å². The summed E-state index contributed by atoms with van der Waals surface area (Å²) in [7, 11) is 0. The molecule has 0 saturated carbocycles. The molecule has 0 aliphatic carbocycles. The molecular formula is C13H20N2O3. The SMILES string of the molecule is C#CCCCCNC(=O)N1CCC(C(=O)O)C1C. The monoisotopic (exact) mass is 252 g/mol. The van der Waals surface area contributed by atoms with Gasteiger partial charge in [0.15, 0.2) is 0 Å². The lowest BCUT2D eigenvalue weighted by atomic mass is 10.0. The first-order chi connectivity index (χ1) is 8.57. The van der Waals surface area contributed by atoms with E-state index in [9.17, 15) is 9.59 Å². The number of unbranched alkanes of at least 4 members (excludes halogenated alkanes) is 2. The molecule has 0 radical (unpaired) electrons. The van der Waals surface area contributed by atoms with Crippen molar-refractivity contribution in [2.75, 3.05) is 13.1 Å². The molecule has 1 aliphatic heterocycles. The lowest BCUT2D eigenvalue weighted by Gasteiger charge is -2.23. The molecule has 18 heavy (non-hydrogen) atoms. The molecule has 0 aromatic carbocycles. The average Bonchev–Trinajstić information content (AvgIpc) is 2.70. The molecule has 0 aromatic heterocycles. The summed E-state index contributed by atoms with van der Waals surface area (Å²) < 4.78 is 0. The standard InChI is InChI=1S/C13H20N2O3/c1-3-4-5-6-8-14-13(18)15-9-7-11(10(15)2)12(16)17/h1,10-11H,4-9H2,2H3,(H,14,18)(H,16,17). The predicted molar refractivity (Wildman–Crippen MR) is 68.0 cm³/mol. The van der Waals surface area contributed by atoms with E-state index in [1.807, 2.05) is 0 Å². The topological polar surface area (TPSA) is 69.6 Å². The number of carbonyl (C=O) groups excluding carboxylic acids is 1. The van der Waals surface area contributed by atoms with Crippen molar-refractivity contribution < 1.29 is 14.7 Å². The van der Waals surface area contributed by atoms with Crippen LogP contribution in [0.3, 0.4) is 0 Å². The first kappa shape index (κ1) is 14.4. The summed E-state index contributed by atoms with van der Waals surface area (Å²) in [4.78, 5) is 24.4. The van der Waals surface area contributed by atoms with Gasteiger partial charge in [0.05, 0.1) is 5.92 Å². The fourth-order valence-electron chi connectivity index (χ4n) is 2.21. The molecule has 2 amide bonds. The first-order valence-corrected chi connectivity index (χ1v) is 6.28. The van der Waals surface area contributed by atoms with Crippen LogP contribution in [-0.4, -0.2) is 41.1 Å². The molecule has 1 fully saturated rings. The Morgan fingerprint density at radius 1 is 1.50 bits per heavy atom. The molecule has 1 saturated heterocycles. The van der Waals surface area contributed by atoms with Crippen LogP contribution in [0.5, 0.6) is 0 Å². The third-order valence-corrected chi connectivity index (χ3v) is 3.36. The van der Waals surface area contributed by atoms with E-state index >= 15 is 0 Å². The van der Waals surface area contributed by atoms with Gasteiger partial charge >= 0.3 is 12.0 Å². The lowest BCUT2D eigenvalue weighted by Crippen LogP contribution is -2.44. The zero-order valence-electron chi connectivity index (χ0n) is 10.7. The number of nitrogens with zero attached hydrogens (tertiary/aromatic N) is 1. The maximum Gasteiger partial charge on any atom is 0.317 e. The van der Waals surface area contributed by atoms with Gasteiger partial charge in [0.1, 0.15) is 0 Å². The number of carboxylic acids is 1. The summed E-state index contributed by atoms with van der Waals surface area (Å²) in [5.41, 5.74) is 0. The van der Waals surface area contributed by atoms with E-state index in [4.69, 9.17) is 11.5 Å². The minimum atomic E-state index is -0.827. The summed E-state index contributed by atoms with van der Waals surface area (Å²) in [5.74, 6) is 1.27. The number of hydrogen-bond donors (Lipinski definition) is 2. The summed E-state index contributed by atoms with van der Waals surface area (Å²) in [5, 5.41) is 11.8. The van der Waals surface area contributed by atoms with Crippen molar-refractivity contribution in [2.24, 2.45) is 5.92 Å². The molecule has 0 spiro atoms. The van der Waals surface area contributed by atoms with E-state index in [-0.39, 0.29) is 12.1 Å². The van der Waals surface area contributed by atoms with Crippen LogP contribution in [-0.2, 0) is 4.79 Å². The fraction of sp³-hybridized carbons (Fsp3) is 0.692. The molecule has 2 N–H and O–H groups in total.